The fourth-order valence-electron chi connectivity index (χ4n) is 2.28. The highest BCUT2D eigenvalue weighted by molar-refractivity contribution is 8.01. The molecule has 3 N–H and O–H groups in total. The number of carbonyl (C=O) groups is 2. The van der Waals surface area contributed by atoms with Gasteiger partial charge in [-0.15, -0.1) is 11.8 Å². The molecule has 2 heterocycles. The van der Waals surface area contributed by atoms with Crippen LogP contribution in [0.15, 0.2) is 0 Å². The van der Waals surface area contributed by atoms with Crippen LogP contribution in [0.1, 0.15) is 13.8 Å². The summed E-state index contributed by atoms with van der Waals surface area (Å²) in [4.78, 5) is 24.0. The molecule has 1 unspecified atom stereocenters. The summed E-state index contributed by atoms with van der Waals surface area (Å²) in [5, 5.41) is 8.51. The third-order valence-electron chi connectivity index (χ3n) is 2.95. The molecule has 2 saturated heterocycles. The maximum Gasteiger partial charge on any atom is 0.334 e. The average molecular weight is 296 g/mol. The molecule has 10 heteroatoms. The molecule has 0 aromatic heterocycles. The van der Waals surface area contributed by atoms with E-state index >= 15 is 0 Å². The normalized spacial score (nSPS) is 34.1. The molecule has 18 heavy (non-hydrogen) atoms. The fraction of sp³-hybridized carbons (Fsp3) is 0.750. The first-order chi connectivity index (χ1) is 8.04. The van der Waals surface area contributed by atoms with E-state index in [-0.39, 0.29) is 0 Å². The molecule has 2 rings (SSSR count). The summed E-state index contributed by atoms with van der Waals surface area (Å²) in [6.07, 6.45) is 0. The van der Waals surface area contributed by atoms with Gasteiger partial charge in [0.2, 0.25) is 5.91 Å². The molecule has 2 aliphatic rings. The Morgan fingerprint density at radius 1 is 1.50 bits per heavy atom. The molecule has 0 aliphatic carbocycles. The summed E-state index contributed by atoms with van der Waals surface area (Å²) in [6, 6.07) is -2.10. The fourth-order valence-corrected chi connectivity index (χ4v) is 4.54. The van der Waals surface area contributed by atoms with Gasteiger partial charge < -0.3 is 10.0 Å². The van der Waals surface area contributed by atoms with E-state index in [9.17, 15) is 18.0 Å². The third-order valence-corrected chi connectivity index (χ3v) is 5.07. The monoisotopic (exact) mass is 296 g/mol. The second-order valence-electron chi connectivity index (χ2n) is 4.67. The number of nitrogens with zero attached hydrogens (tertiary/aromatic N) is 1. The van der Waals surface area contributed by atoms with Crippen molar-refractivity contribution in [3.63, 3.8) is 0 Å². The molecule has 102 valence electrons. The lowest BCUT2D eigenvalue weighted by molar-refractivity contribution is -0.159. The standard InChI is InChI=1S/C8H12N2O6S2/c1-8(2)4(7(12)13)10-5(11)3(6(10)17-8)9-18(14,15)16/h3-4,6,9H,1-2H3,(H,12,13)(H,14,15,16)/t3?,4-,6+/m0/s1. The number of hydrogen-bond acceptors (Lipinski definition) is 5. The molecule has 2 fully saturated rings. The van der Waals surface area contributed by atoms with Gasteiger partial charge in [-0.2, -0.15) is 13.1 Å². The van der Waals surface area contributed by atoms with Crippen molar-refractivity contribution in [2.24, 2.45) is 0 Å². The zero-order valence-electron chi connectivity index (χ0n) is 9.52. The number of carboxylic acid groups (broad SMARTS) is 1. The number of thioether (sulfide) groups is 1. The molecule has 0 aromatic rings. The van der Waals surface area contributed by atoms with E-state index in [4.69, 9.17) is 9.66 Å². The number of hydrogen-bond donors (Lipinski definition) is 3. The van der Waals surface area contributed by atoms with Gasteiger partial charge in [0.05, 0.1) is 0 Å². The van der Waals surface area contributed by atoms with E-state index in [1.807, 2.05) is 0 Å². The Bertz CT molecular complexity index is 516. The van der Waals surface area contributed by atoms with Gasteiger partial charge in [0.25, 0.3) is 0 Å². The highest BCUT2D eigenvalue weighted by atomic mass is 32.2. The highest BCUT2D eigenvalue weighted by Crippen LogP contribution is 2.50. The topological polar surface area (TPSA) is 124 Å². The van der Waals surface area contributed by atoms with Gasteiger partial charge in [-0.1, -0.05) is 0 Å². The number of carboxylic acids is 1. The Balaban J connectivity index is 2.24. The van der Waals surface area contributed by atoms with Gasteiger partial charge in [-0.25, -0.2) is 4.79 Å². The van der Waals surface area contributed by atoms with Gasteiger partial charge in [0, 0.05) is 4.75 Å². The van der Waals surface area contributed by atoms with Crippen LogP contribution >= 0.6 is 11.8 Å². The van der Waals surface area contributed by atoms with E-state index in [2.05, 4.69) is 0 Å². The highest BCUT2D eigenvalue weighted by Gasteiger charge is 2.64. The van der Waals surface area contributed by atoms with Crippen LogP contribution in [0.2, 0.25) is 0 Å². The second kappa shape index (κ2) is 3.83. The zero-order chi connectivity index (χ0) is 13.9. The van der Waals surface area contributed by atoms with Crippen molar-refractivity contribution < 1.29 is 27.7 Å². The van der Waals surface area contributed by atoms with E-state index in [0.717, 1.165) is 4.90 Å². The minimum atomic E-state index is -4.49. The lowest BCUT2D eigenvalue weighted by Gasteiger charge is -2.42. The minimum Gasteiger partial charge on any atom is -0.480 e. The molecule has 0 spiro atoms. The zero-order valence-corrected chi connectivity index (χ0v) is 11.2. The molecular formula is C8H12N2O6S2. The Morgan fingerprint density at radius 2 is 2.06 bits per heavy atom. The molecule has 0 bridgehead atoms. The second-order valence-corrected chi connectivity index (χ2v) is 7.63. The van der Waals surface area contributed by atoms with Gasteiger partial charge >= 0.3 is 16.3 Å². The van der Waals surface area contributed by atoms with Crippen molar-refractivity contribution in [1.82, 2.24) is 9.62 Å². The Labute approximate surface area is 108 Å². The number of aliphatic carboxylic acids is 1. The van der Waals surface area contributed by atoms with Crippen LogP contribution in [-0.4, -0.2) is 57.1 Å². The summed E-state index contributed by atoms with van der Waals surface area (Å²) >= 11 is 1.19. The van der Waals surface area contributed by atoms with Crippen LogP contribution in [-0.2, 0) is 19.9 Å². The van der Waals surface area contributed by atoms with Crippen LogP contribution in [0.3, 0.4) is 0 Å². The van der Waals surface area contributed by atoms with Crippen molar-refractivity contribution in [2.45, 2.75) is 36.1 Å². The molecule has 2 aliphatic heterocycles. The summed E-state index contributed by atoms with van der Waals surface area (Å²) < 4.78 is 31.1. The molecule has 0 aromatic carbocycles. The number of β-lactam (4-membered cyclic amide) rings is 1. The van der Waals surface area contributed by atoms with E-state index in [1.54, 1.807) is 18.6 Å². The van der Waals surface area contributed by atoms with Gasteiger partial charge in [-0.05, 0) is 13.8 Å². The van der Waals surface area contributed by atoms with Crippen LogP contribution in [0.4, 0.5) is 0 Å². The lowest BCUT2D eigenvalue weighted by atomic mass is 9.96. The van der Waals surface area contributed by atoms with Crippen molar-refractivity contribution in [2.75, 3.05) is 0 Å². The lowest BCUT2D eigenvalue weighted by Crippen LogP contribution is -2.70. The predicted octanol–water partition coefficient (Wildman–Crippen LogP) is -1.11. The molecule has 1 amide bonds. The van der Waals surface area contributed by atoms with Crippen LogP contribution in [0, 0.1) is 0 Å². The maximum atomic E-state index is 11.7. The first kappa shape index (κ1) is 13.6. The molecule has 3 atom stereocenters. The van der Waals surface area contributed by atoms with E-state index in [0.29, 0.717) is 0 Å². The summed E-state index contributed by atoms with van der Waals surface area (Å²) in [5.74, 6) is -1.77. The minimum absolute atomic E-state index is 0.601. The molecule has 8 nitrogen and oxygen atoms in total. The van der Waals surface area contributed by atoms with E-state index < -0.39 is 44.4 Å². The van der Waals surface area contributed by atoms with Gasteiger partial charge in [0.1, 0.15) is 17.5 Å². The first-order valence-electron chi connectivity index (χ1n) is 5.02. The Kier molecular flexibility index (Phi) is 2.89. The molecular weight excluding hydrogens is 284 g/mol. The summed E-state index contributed by atoms with van der Waals surface area (Å²) in [5.41, 5.74) is 0. The number of rotatable bonds is 3. The quantitative estimate of drug-likeness (QED) is 0.446. The Hall–Kier alpha value is -0.840. The van der Waals surface area contributed by atoms with Crippen molar-refractivity contribution >= 4 is 33.9 Å². The van der Waals surface area contributed by atoms with Gasteiger partial charge in [0.15, 0.2) is 0 Å². The largest absolute Gasteiger partial charge is 0.480 e. The van der Waals surface area contributed by atoms with Crippen LogP contribution < -0.4 is 4.72 Å². The summed E-state index contributed by atoms with van der Waals surface area (Å²) in [7, 11) is -4.49. The number of nitrogens with one attached hydrogen (secondary N) is 1. The number of fused-ring (bicyclic) bond motifs is 1. The third kappa shape index (κ3) is 1.98. The van der Waals surface area contributed by atoms with Crippen LogP contribution in [0.25, 0.3) is 0 Å². The first-order valence-corrected chi connectivity index (χ1v) is 7.34. The van der Waals surface area contributed by atoms with Crippen molar-refractivity contribution in [3.8, 4) is 0 Å². The van der Waals surface area contributed by atoms with Gasteiger partial charge in [-0.3, -0.25) is 9.35 Å². The number of carbonyl (C=O) groups excluding carboxylic acids is 1. The summed E-state index contributed by atoms with van der Waals surface area (Å²) in [6.45, 7) is 3.35. The SMILES string of the molecule is CC1(C)S[C@@H]2C(NS(=O)(=O)O)C(=O)N2[C@H]1C(=O)O. The van der Waals surface area contributed by atoms with E-state index in [1.165, 1.54) is 11.8 Å². The predicted molar refractivity (Wildman–Crippen MR) is 62.2 cm³/mol. The number of amides is 1. The van der Waals surface area contributed by atoms with Crippen LogP contribution in [0.5, 0.6) is 0 Å². The molecule has 0 saturated carbocycles. The molecule has 0 radical (unpaired) electrons. The smallest absolute Gasteiger partial charge is 0.334 e. The Morgan fingerprint density at radius 3 is 2.50 bits per heavy atom. The maximum absolute atomic E-state index is 11.7. The van der Waals surface area contributed by atoms with Crippen molar-refractivity contribution in [1.29, 1.82) is 0 Å². The average Bonchev–Trinajstić information content (AvgIpc) is 2.42. The van der Waals surface area contributed by atoms with Crippen molar-refractivity contribution in [3.05, 3.63) is 0 Å².